The Morgan fingerprint density at radius 1 is 1.33 bits per heavy atom. The Kier molecular flexibility index (Phi) is 5.01. The summed E-state index contributed by atoms with van der Waals surface area (Å²) in [6.45, 7) is 1.93. The fourth-order valence-corrected chi connectivity index (χ4v) is 3.39. The Bertz CT molecular complexity index is 866. The average molecular weight is 363 g/mol. The van der Waals surface area contributed by atoms with Crippen LogP contribution >= 0.6 is 23.4 Å². The first kappa shape index (κ1) is 16.7. The first-order chi connectivity index (χ1) is 11.6. The Morgan fingerprint density at radius 2 is 2.08 bits per heavy atom. The van der Waals surface area contributed by atoms with Gasteiger partial charge >= 0.3 is 5.97 Å². The average Bonchev–Trinajstić information content (AvgIpc) is 3.04. The number of carbonyl (C=O) groups excluding carboxylic acids is 1. The van der Waals surface area contributed by atoms with Crippen LogP contribution in [0.2, 0.25) is 5.02 Å². The lowest BCUT2D eigenvalue weighted by Crippen LogP contribution is -2.17. The maximum Gasteiger partial charge on any atom is 0.319 e. The monoisotopic (exact) mass is 362 g/mol. The minimum Gasteiger partial charge on any atom is -0.468 e. The number of esters is 1. The number of methoxy groups -OCH3 is 1. The number of carbonyl (C=O) groups is 1. The van der Waals surface area contributed by atoms with E-state index in [0.29, 0.717) is 22.1 Å². The van der Waals surface area contributed by atoms with Crippen LogP contribution in [0, 0.1) is 0 Å². The number of halogens is 1. The second-order valence-electron chi connectivity index (χ2n) is 4.99. The molecule has 124 valence electrons. The van der Waals surface area contributed by atoms with Crippen LogP contribution in [0.15, 0.2) is 41.8 Å². The first-order valence-corrected chi connectivity index (χ1v) is 8.59. The van der Waals surface area contributed by atoms with Gasteiger partial charge in [0.2, 0.25) is 0 Å². The number of fused-ring (bicyclic) bond motifs is 1. The van der Waals surface area contributed by atoms with Crippen molar-refractivity contribution in [3.8, 4) is 5.69 Å². The molecule has 3 aromatic rings. The maximum absolute atomic E-state index is 11.8. The maximum atomic E-state index is 11.8. The summed E-state index contributed by atoms with van der Waals surface area (Å²) in [5, 5.41) is 6.24. The van der Waals surface area contributed by atoms with Gasteiger partial charge in [-0.15, -0.1) is 0 Å². The molecule has 0 saturated heterocycles. The van der Waals surface area contributed by atoms with E-state index in [1.807, 2.05) is 19.1 Å². The van der Waals surface area contributed by atoms with Gasteiger partial charge in [-0.1, -0.05) is 30.3 Å². The molecule has 0 N–H and O–H groups in total. The molecule has 1 atom stereocenters. The van der Waals surface area contributed by atoms with Crippen molar-refractivity contribution < 1.29 is 9.53 Å². The Balaban J connectivity index is 2.00. The Labute approximate surface area is 148 Å². The zero-order valence-corrected chi connectivity index (χ0v) is 14.7. The number of aromatic nitrogens is 4. The molecule has 0 radical (unpaired) electrons. The molecule has 0 fully saturated rings. The summed E-state index contributed by atoms with van der Waals surface area (Å²) >= 11 is 7.29. The van der Waals surface area contributed by atoms with Crippen molar-refractivity contribution in [2.75, 3.05) is 7.11 Å². The SMILES string of the molecule is CC[C@H](Sc1ncnc2c1cnn2-c1ccc(Cl)cc1)C(=O)OC. The highest BCUT2D eigenvalue weighted by atomic mass is 35.5. The number of nitrogens with zero attached hydrogens (tertiary/aromatic N) is 4. The number of rotatable bonds is 5. The van der Waals surface area contributed by atoms with Gasteiger partial charge in [-0.2, -0.15) is 5.10 Å². The molecule has 0 amide bonds. The number of hydrogen-bond acceptors (Lipinski definition) is 6. The zero-order chi connectivity index (χ0) is 17.1. The summed E-state index contributed by atoms with van der Waals surface area (Å²) in [5.41, 5.74) is 1.53. The molecule has 0 bridgehead atoms. The van der Waals surface area contributed by atoms with Crippen molar-refractivity contribution in [2.24, 2.45) is 0 Å². The van der Waals surface area contributed by atoms with Crippen LogP contribution in [0.1, 0.15) is 13.3 Å². The molecule has 1 aromatic carbocycles. The van der Waals surface area contributed by atoms with Crippen LogP contribution in [0.4, 0.5) is 0 Å². The standard InChI is InChI=1S/C16H15ClN4O2S/c1-3-13(16(22)23-2)24-15-12-8-20-21(14(12)18-9-19-15)11-6-4-10(17)5-7-11/h4-9,13H,3H2,1-2H3/t13-/m0/s1. The highest BCUT2D eigenvalue weighted by Gasteiger charge is 2.21. The van der Waals surface area contributed by atoms with Crippen molar-refractivity contribution >= 4 is 40.4 Å². The summed E-state index contributed by atoms with van der Waals surface area (Å²) in [6.07, 6.45) is 3.83. The van der Waals surface area contributed by atoms with Crippen LogP contribution in [-0.2, 0) is 9.53 Å². The summed E-state index contributed by atoms with van der Waals surface area (Å²) in [7, 11) is 1.39. The van der Waals surface area contributed by atoms with Crippen LogP contribution < -0.4 is 0 Å². The van der Waals surface area contributed by atoms with Crippen molar-refractivity contribution in [1.82, 2.24) is 19.7 Å². The summed E-state index contributed by atoms with van der Waals surface area (Å²) in [5.74, 6) is -0.264. The largest absolute Gasteiger partial charge is 0.468 e. The van der Waals surface area contributed by atoms with Crippen molar-refractivity contribution in [3.63, 3.8) is 0 Å². The molecule has 8 heteroatoms. The van der Waals surface area contributed by atoms with Crippen molar-refractivity contribution in [2.45, 2.75) is 23.6 Å². The van der Waals surface area contributed by atoms with Gasteiger partial charge in [0.1, 0.15) is 16.6 Å². The van der Waals surface area contributed by atoms with Crippen molar-refractivity contribution in [1.29, 1.82) is 0 Å². The molecular weight excluding hydrogens is 348 g/mol. The smallest absolute Gasteiger partial charge is 0.319 e. The minimum atomic E-state index is -0.313. The first-order valence-electron chi connectivity index (χ1n) is 7.33. The Hall–Kier alpha value is -2.12. The van der Waals surface area contributed by atoms with E-state index in [4.69, 9.17) is 16.3 Å². The van der Waals surface area contributed by atoms with Crippen LogP contribution in [0.3, 0.4) is 0 Å². The normalized spacial score (nSPS) is 12.3. The molecule has 0 aliphatic rings. The lowest BCUT2D eigenvalue weighted by molar-refractivity contribution is -0.140. The van der Waals surface area contributed by atoms with Gasteiger partial charge < -0.3 is 4.74 Å². The third kappa shape index (κ3) is 3.22. The highest BCUT2D eigenvalue weighted by Crippen LogP contribution is 2.30. The van der Waals surface area contributed by atoms with Gasteiger partial charge in [0.25, 0.3) is 0 Å². The van der Waals surface area contributed by atoms with Gasteiger partial charge in [-0.3, -0.25) is 4.79 Å². The van der Waals surface area contributed by atoms with Gasteiger partial charge in [-0.05, 0) is 30.7 Å². The lowest BCUT2D eigenvalue weighted by atomic mass is 10.3. The molecule has 0 spiro atoms. The van der Waals surface area contributed by atoms with Gasteiger partial charge in [-0.25, -0.2) is 14.6 Å². The Morgan fingerprint density at radius 3 is 2.75 bits per heavy atom. The predicted molar refractivity (Wildman–Crippen MR) is 93.6 cm³/mol. The number of ether oxygens (including phenoxy) is 1. The van der Waals surface area contributed by atoms with E-state index in [-0.39, 0.29) is 11.2 Å². The fourth-order valence-electron chi connectivity index (χ4n) is 2.25. The van der Waals surface area contributed by atoms with E-state index < -0.39 is 0 Å². The molecule has 2 heterocycles. The van der Waals surface area contributed by atoms with E-state index in [1.54, 1.807) is 23.0 Å². The third-order valence-corrected chi connectivity index (χ3v) is 5.10. The highest BCUT2D eigenvalue weighted by molar-refractivity contribution is 8.00. The molecule has 6 nitrogen and oxygen atoms in total. The molecule has 2 aromatic heterocycles. The lowest BCUT2D eigenvalue weighted by Gasteiger charge is -2.11. The summed E-state index contributed by atoms with van der Waals surface area (Å²) in [6, 6.07) is 7.33. The molecule has 0 aliphatic heterocycles. The van der Waals surface area contributed by atoms with E-state index in [1.165, 1.54) is 25.2 Å². The number of thioether (sulfide) groups is 1. The molecule has 0 unspecified atom stereocenters. The molecule has 0 aliphatic carbocycles. The second-order valence-corrected chi connectivity index (χ2v) is 6.61. The van der Waals surface area contributed by atoms with E-state index in [2.05, 4.69) is 15.1 Å². The predicted octanol–water partition coefficient (Wildman–Crippen LogP) is 3.51. The zero-order valence-electron chi connectivity index (χ0n) is 13.1. The summed E-state index contributed by atoms with van der Waals surface area (Å²) in [4.78, 5) is 20.4. The van der Waals surface area contributed by atoms with Gasteiger partial charge in [0.15, 0.2) is 5.65 Å². The quantitative estimate of drug-likeness (QED) is 0.393. The number of hydrogen-bond donors (Lipinski definition) is 0. The van der Waals surface area contributed by atoms with E-state index in [9.17, 15) is 4.79 Å². The topological polar surface area (TPSA) is 69.9 Å². The van der Waals surface area contributed by atoms with Crippen molar-refractivity contribution in [3.05, 3.63) is 41.8 Å². The van der Waals surface area contributed by atoms with Crippen LogP contribution in [0.5, 0.6) is 0 Å². The number of benzene rings is 1. The fraction of sp³-hybridized carbons (Fsp3) is 0.250. The second kappa shape index (κ2) is 7.19. The molecule has 24 heavy (non-hydrogen) atoms. The third-order valence-electron chi connectivity index (χ3n) is 3.49. The van der Waals surface area contributed by atoms with Gasteiger partial charge in [0, 0.05) is 5.02 Å². The summed E-state index contributed by atoms with van der Waals surface area (Å²) < 4.78 is 6.56. The van der Waals surface area contributed by atoms with Crippen LogP contribution in [-0.4, -0.2) is 38.1 Å². The van der Waals surface area contributed by atoms with E-state index in [0.717, 1.165) is 11.1 Å². The van der Waals surface area contributed by atoms with E-state index >= 15 is 0 Å². The molecular formula is C16H15ClN4O2S. The van der Waals surface area contributed by atoms with Gasteiger partial charge in [0.05, 0.1) is 24.4 Å². The molecule has 0 saturated carbocycles. The minimum absolute atomic E-state index is 0.264. The molecule has 3 rings (SSSR count). The van der Waals surface area contributed by atoms with Crippen LogP contribution in [0.25, 0.3) is 16.7 Å².